The summed E-state index contributed by atoms with van der Waals surface area (Å²) in [5.74, 6) is 0.754. The average molecular weight is 318 g/mol. The first-order chi connectivity index (χ1) is 11.8. The van der Waals surface area contributed by atoms with Gasteiger partial charge in [-0.1, -0.05) is 46.3 Å². The van der Waals surface area contributed by atoms with Crippen molar-refractivity contribution < 1.29 is 4.52 Å². The Labute approximate surface area is 138 Å². The maximum Gasteiger partial charge on any atom is 0.276 e. The summed E-state index contributed by atoms with van der Waals surface area (Å²) in [5, 5.41) is 12.2. The summed E-state index contributed by atoms with van der Waals surface area (Å²) in [4.78, 5) is 8.51. The van der Waals surface area contributed by atoms with E-state index in [0.29, 0.717) is 29.6 Å². The number of aryl methyl sites for hydroxylation is 1. The van der Waals surface area contributed by atoms with Crippen LogP contribution in [0.1, 0.15) is 11.1 Å². The lowest BCUT2D eigenvalue weighted by molar-refractivity contribution is 0.431. The third kappa shape index (κ3) is 2.91. The van der Waals surface area contributed by atoms with Gasteiger partial charge in [-0.2, -0.15) is 4.98 Å². The minimum Gasteiger partial charge on any atom is -0.332 e. The third-order valence-electron chi connectivity index (χ3n) is 3.54. The number of benzene rings is 1. The maximum atomic E-state index is 5.25. The highest BCUT2D eigenvalue weighted by atomic mass is 16.5. The van der Waals surface area contributed by atoms with Crippen molar-refractivity contribution in [3.63, 3.8) is 0 Å². The van der Waals surface area contributed by atoms with Gasteiger partial charge in [0.05, 0.1) is 12.7 Å². The third-order valence-corrected chi connectivity index (χ3v) is 3.54. The summed E-state index contributed by atoms with van der Waals surface area (Å²) < 4.78 is 6.99. The Kier molecular flexibility index (Phi) is 3.59. The van der Waals surface area contributed by atoms with E-state index in [0.717, 1.165) is 5.56 Å². The first kappa shape index (κ1) is 14.3. The van der Waals surface area contributed by atoms with Crippen LogP contribution in [0.2, 0.25) is 0 Å². The Balaban J connectivity index is 1.55. The Morgan fingerprint density at radius 1 is 1.04 bits per heavy atom. The van der Waals surface area contributed by atoms with Gasteiger partial charge < -0.3 is 4.52 Å². The van der Waals surface area contributed by atoms with Crippen molar-refractivity contribution in [1.82, 2.24) is 30.1 Å². The molecule has 7 nitrogen and oxygen atoms in total. The Morgan fingerprint density at radius 2 is 1.92 bits per heavy atom. The molecule has 3 heterocycles. The predicted octanol–water partition coefficient (Wildman–Crippen LogP) is 2.75. The molecule has 4 rings (SSSR count). The van der Waals surface area contributed by atoms with Gasteiger partial charge in [0.15, 0.2) is 5.69 Å². The SMILES string of the molecule is Cc1ccc(Cn2cc(-c3noc(-c4ccccn4)n3)nn2)cc1. The molecule has 4 aromatic rings. The Bertz CT molecular complexity index is 943. The van der Waals surface area contributed by atoms with E-state index in [2.05, 4.69) is 56.6 Å². The molecular weight excluding hydrogens is 304 g/mol. The second-order valence-electron chi connectivity index (χ2n) is 5.43. The van der Waals surface area contributed by atoms with Gasteiger partial charge in [-0.25, -0.2) is 4.68 Å². The molecule has 0 aliphatic carbocycles. The van der Waals surface area contributed by atoms with Gasteiger partial charge in [0.25, 0.3) is 5.89 Å². The highest BCUT2D eigenvalue weighted by Gasteiger charge is 2.14. The minimum absolute atomic E-state index is 0.360. The van der Waals surface area contributed by atoms with E-state index in [4.69, 9.17) is 4.52 Å². The van der Waals surface area contributed by atoms with Crippen molar-refractivity contribution in [2.75, 3.05) is 0 Å². The molecule has 0 bridgehead atoms. The van der Waals surface area contributed by atoms with Crippen LogP contribution in [-0.4, -0.2) is 30.1 Å². The standard InChI is InChI=1S/C17H14N6O/c1-12-5-7-13(8-6-12)10-23-11-15(20-22-23)16-19-17(24-21-16)14-4-2-3-9-18-14/h2-9,11H,10H2,1H3. The molecule has 0 amide bonds. The minimum atomic E-state index is 0.360. The lowest BCUT2D eigenvalue weighted by Crippen LogP contribution is -2.00. The number of hydrogen-bond donors (Lipinski definition) is 0. The van der Waals surface area contributed by atoms with Crippen LogP contribution < -0.4 is 0 Å². The quantitative estimate of drug-likeness (QED) is 0.575. The van der Waals surface area contributed by atoms with E-state index in [-0.39, 0.29) is 0 Å². The van der Waals surface area contributed by atoms with E-state index in [9.17, 15) is 0 Å². The molecule has 0 N–H and O–H groups in total. The number of aromatic nitrogens is 6. The van der Waals surface area contributed by atoms with Crippen molar-refractivity contribution in [3.05, 3.63) is 66.0 Å². The summed E-state index contributed by atoms with van der Waals surface area (Å²) >= 11 is 0. The van der Waals surface area contributed by atoms with Crippen LogP contribution in [0.5, 0.6) is 0 Å². The van der Waals surface area contributed by atoms with Gasteiger partial charge in [0.1, 0.15) is 5.69 Å². The van der Waals surface area contributed by atoms with E-state index >= 15 is 0 Å². The van der Waals surface area contributed by atoms with Gasteiger partial charge in [0.2, 0.25) is 5.82 Å². The summed E-state index contributed by atoms with van der Waals surface area (Å²) in [6.45, 7) is 2.70. The predicted molar refractivity (Wildman–Crippen MR) is 86.8 cm³/mol. The molecule has 0 atom stereocenters. The molecule has 7 heteroatoms. The maximum absolute atomic E-state index is 5.25. The first-order valence-electron chi connectivity index (χ1n) is 7.49. The first-order valence-corrected chi connectivity index (χ1v) is 7.49. The molecule has 0 radical (unpaired) electrons. The average Bonchev–Trinajstić information content (AvgIpc) is 3.27. The van der Waals surface area contributed by atoms with Crippen LogP contribution >= 0.6 is 0 Å². The zero-order valence-corrected chi connectivity index (χ0v) is 13.0. The molecule has 0 aliphatic heterocycles. The van der Waals surface area contributed by atoms with Gasteiger partial charge in [-0.3, -0.25) is 4.98 Å². The summed E-state index contributed by atoms with van der Waals surface area (Å²) in [5.41, 5.74) is 3.57. The van der Waals surface area contributed by atoms with Crippen molar-refractivity contribution in [3.8, 4) is 23.1 Å². The molecule has 0 saturated heterocycles. The van der Waals surface area contributed by atoms with E-state index in [1.165, 1.54) is 5.56 Å². The molecule has 0 fully saturated rings. The molecule has 0 aliphatic rings. The fourth-order valence-corrected chi connectivity index (χ4v) is 2.28. The van der Waals surface area contributed by atoms with Gasteiger partial charge in [-0.05, 0) is 24.6 Å². The smallest absolute Gasteiger partial charge is 0.276 e. The van der Waals surface area contributed by atoms with E-state index in [1.54, 1.807) is 17.1 Å². The van der Waals surface area contributed by atoms with Crippen LogP contribution in [0.15, 0.2) is 59.4 Å². The number of hydrogen-bond acceptors (Lipinski definition) is 6. The van der Waals surface area contributed by atoms with Crippen LogP contribution in [-0.2, 0) is 6.54 Å². The fourth-order valence-electron chi connectivity index (χ4n) is 2.28. The normalized spacial score (nSPS) is 10.9. The van der Waals surface area contributed by atoms with Crippen molar-refractivity contribution in [2.24, 2.45) is 0 Å². The Hall–Kier alpha value is -3.35. The zero-order chi connectivity index (χ0) is 16.4. The highest BCUT2D eigenvalue weighted by Crippen LogP contribution is 2.18. The van der Waals surface area contributed by atoms with Gasteiger partial charge in [0, 0.05) is 6.20 Å². The van der Waals surface area contributed by atoms with E-state index < -0.39 is 0 Å². The molecule has 0 spiro atoms. The number of rotatable bonds is 4. The zero-order valence-electron chi connectivity index (χ0n) is 13.0. The molecule has 24 heavy (non-hydrogen) atoms. The summed E-state index contributed by atoms with van der Waals surface area (Å²) in [6, 6.07) is 13.8. The topological polar surface area (TPSA) is 82.5 Å². The van der Waals surface area contributed by atoms with E-state index in [1.807, 2.05) is 18.2 Å². The second-order valence-corrected chi connectivity index (χ2v) is 5.43. The van der Waals surface area contributed by atoms with Gasteiger partial charge >= 0.3 is 0 Å². The lowest BCUT2D eigenvalue weighted by atomic mass is 10.1. The van der Waals surface area contributed by atoms with Crippen LogP contribution in [0, 0.1) is 6.92 Å². The van der Waals surface area contributed by atoms with Crippen LogP contribution in [0.3, 0.4) is 0 Å². The van der Waals surface area contributed by atoms with Crippen molar-refractivity contribution >= 4 is 0 Å². The second kappa shape index (κ2) is 6.04. The summed E-state index contributed by atoms with van der Waals surface area (Å²) in [7, 11) is 0. The van der Waals surface area contributed by atoms with Crippen LogP contribution in [0.4, 0.5) is 0 Å². The number of nitrogens with zero attached hydrogens (tertiary/aromatic N) is 6. The summed E-state index contributed by atoms with van der Waals surface area (Å²) in [6.07, 6.45) is 3.48. The van der Waals surface area contributed by atoms with Gasteiger partial charge in [-0.15, -0.1) is 5.10 Å². The largest absolute Gasteiger partial charge is 0.332 e. The molecule has 1 aromatic carbocycles. The van der Waals surface area contributed by atoms with Crippen LogP contribution in [0.25, 0.3) is 23.1 Å². The van der Waals surface area contributed by atoms with Crippen molar-refractivity contribution in [2.45, 2.75) is 13.5 Å². The molecule has 118 valence electrons. The molecular formula is C17H14N6O. The fraction of sp³-hybridized carbons (Fsp3) is 0.118. The highest BCUT2D eigenvalue weighted by molar-refractivity contribution is 5.52. The van der Waals surface area contributed by atoms with Crippen molar-refractivity contribution in [1.29, 1.82) is 0 Å². The molecule has 0 unspecified atom stereocenters. The monoisotopic (exact) mass is 318 g/mol. The molecule has 3 aromatic heterocycles. The molecule has 0 saturated carbocycles. The lowest BCUT2D eigenvalue weighted by Gasteiger charge is -2.00. The Morgan fingerprint density at radius 3 is 2.71 bits per heavy atom. The number of pyridine rings is 1.